The summed E-state index contributed by atoms with van der Waals surface area (Å²) in [5, 5.41) is 0. The summed E-state index contributed by atoms with van der Waals surface area (Å²) in [6.07, 6.45) is 12.5. The molecule has 0 aromatic rings. The van der Waals surface area contributed by atoms with Crippen molar-refractivity contribution in [2.24, 2.45) is 5.92 Å². The largest absolute Gasteiger partial charge is 0.464 e. The molecule has 0 unspecified atom stereocenters. The number of hydrogen-bond donors (Lipinski definition) is 0. The molecule has 1 aliphatic carbocycles. The van der Waals surface area contributed by atoms with E-state index in [0.29, 0.717) is 18.9 Å². The van der Waals surface area contributed by atoms with Crippen molar-refractivity contribution in [3.63, 3.8) is 0 Å². The molecule has 2 nitrogen and oxygen atoms in total. The Labute approximate surface area is 110 Å². The maximum absolute atomic E-state index is 11.2. The Morgan fingerprint density at radius 3 is 2.59 bits per heavy atom. The minimum absolute atomic E-state index is 0.0942. The second-order valence-electron chi connectivity index (χ2n) is 5.01. The van der Waals surface area contributed by atoms with E-state index in [2.05, 4.69) is 0 Å². The molecule has 0 spiro atoms. The average Bonchev–Trinajstić information content (AvgIpc) is 2.37. The monoisotopic (exact) mass is 260 g/mol. The maximum atomic E-state index is 11.2. The molecule has 0 aromatic carbocycles. The molecule has 0 aromatic heterocycles. The van der Waals surface area contributed by atoms with Gasteiger partial charge in [0.2, 0.25) is 0 Å². The van der Waals surface area contributed by atoms with Crippen LogP contribution in [0, 0.1) is 5.92 Å². The summed E-state index contributed by atoms with van der Waals surface area (Å²) in [5.41, 5.74) is 0. The van der Waals surface area contributed by atoms with Gasteiger partial charge in [0.15, 0.2) is 0 Å². The smallest absolute Gasteiger partial charge is 0.305 e. The van der Waals surface area contributed by atoms with E-state index in [0.717, 1.165) is 18.8 Å². The lowest BCUT2D eigenvalue weighted by Crippen LogP contribution is -2.07. The molecule has 3 heteroatoms. The van der Waals surface area contributed by atoms with Crippen LogP contribution in [0.5, 0.6) is 0 Å². The molecule has 0 radical (unpaired) electrons. The number of ether oxygens (including phenoxy) is 1. The summed E-state index contributed by atoms with van der Waals surface area (Å²) < 4.78 is 4.92. The fourth-order valence-electron chi connectivity index (χ4n) is 2.58. The number of rotatable bonds is 8. The van der Waals surface area contributed by atoms with Crippen molar-refractivity contribution in [2.75, 3.05) is 12.5 Å². The topological polar surface area (TPSA) is 26.3 Å². The van der Waals surface area contributed by atoms with Gasteiger partial charge in [-0.05, 0) is 12.3 Å². The van der Waals surface area contributed by atoms with Gasteiger partial charge >= 0.3 is 5.97 Å². The van der Waals surface area contributed by atoms with Gasteiger partial charge in [-0.15, -0.1) is 11.6 Å². The Morgan fingerprint density at radius 2 is 1.88 bits per heavy atom. The van der Waals surface area contributed by atoms with Crippen LogP contribution in [0.2, 0.25) is 0 Å². The third-order valence-corrected chi connectivity index (χ3v) is 3.71. The predicted octanol–water partition coefficient (Wildman–Crippen LogP) is 4.30. The average molecular weight is 261 g/mol. The predicted molar refractivity (Wildman–Crippen MR) is 71.3 cm³/mol. The zero-order valence-corrected chi connectivity index (χ0v) is 11.5. The second kappa shape index (κ2) is 9.76. The van der Waals surface area contributed by atoms with Crippen LogP contribution in [0.15, 0.2) is 0 Å². The highest BCUT2D eigenvalue weighted by molar-refractivity contribution is 6.18. The van der Waals surface area contributed by atoms with Crippen molar-refractivity contribution in [1.29, 1.82) is 0 Å². The molecule has 0 heterocycles. The normalized spacial score (nSPS) is 17.0. The van der Waals surface area contributed by atoms with E-state index in [1.54, 1.807) is 0 Å². The minimum atomic E-state index is -0.0942. The van der Waals surface area contributed by atoms with Crippen molar-refractivity contribution >= 4 is 17.6 Å². The first-order valence-corrected chi connectivity index (χ1v) is 7.58. The summed E-state index contributed by atoms with van der Waals surface area (Å²) in [6.45, 7) is 0.350. The van der Waals surface area contributed by atoms with E-state index in [-0.39, 0.29) is 5.97 Å². The quantitative estimate of drug-likeness (QED) is 0.370. The van der Waals surface area contributed by atoms with E-state index >= 15 is 0 Å². The van der Waals surface area contributed by atoms with Crippen LogP contribution in [0.3, 0.4) is 0 Å². The molecule has 1 aliphatic rings. The standard InChI is InChI=1S/C14H25ClO2/c15-11-12-17-14(16)10-6-2-5-9-13-7-3-1-4-8-13/h13H,1-12H2. The minimum Gasteiger partial charge on any atom is -0.464 e. The molecule has 1 fully saturated rings. The van der Waals surface area contributed by atoms with E-state index < -0.39 is 0 Å². The van der Waals surface area contributed by atoms with Crippen LogP contribution >= 0.6 is 11.6 Å². The lowest BCUT2D eigenvalue weighted by molar-refractivity contribution is -0.143. The Bertz CT molecular complexity index is 200. The highest BCUT2D eigenvalue weighted by Crippen LogP contribution is 2.27. The molecule has 0 bridgehead atoms. The maximum Gasteiger partial charge on any atom is 0.305 e. The molecule has 0 N–H and O–H groups in total. The van der Waals surface area contributed by atoms with Gasteiger partial charge in [-0.1, -0.05) is 51.4 Å². The Kier molecular flexibility index (Phi) is 8.50. The number of carbonyl (C=O) groups is 1. The number of halogens is 1. The van der Waals surface area contributed by atoms with Crippen molar-refractivity contribution < 1.29 is 9.53 Å². The van der Waals surface area contributed by atoms with E-state index in [9.17, 15) is 4.79 Å². The summed E-state index contributed by atoms with van der Waals surface area (Å²) in [5.74, 6) is 1.27. The summed E-state index contributed by atoms with van der Waals surface area (Å²) in [6, 6.07) is 0. The van der Waals surface area contributed by atoms with Crippen molar-refractivity contribution in [3.8, 4) is 0 Å². The fourth-order valence-corrected chi connectivity index (χ4v) is 2.66. The molecule has 1 rings (SSSR count). The van der Waals surface area contributed by atoms with Crippen molar-refractivity contribution in [1.82, 2.24) is 0 Å². The molecular weight excluding hydrogens is 236 g/mol. The molecular formula is C14H25ClO2. The molecule has 0 amide bonds. The lowest BCUT2D eigenvalue weighted by Gasteiger charge is -2.21. The first-order chi connectivity index (χ1) is 8.33. The van der Waals surface area contributed by atoms with Crippen LogP contribution in [0.1, 0.15) is 64.2 Å². The van der Waals surface area contributed by atoms with E-state index in [1.165, 1.54) is 44.9 Å². The van der Waals surface area contributed by atoms with Gasteiger partial charge in [0.25, 0.3) is 0 Å². The van der Waals surface area contributed by atoms with Crippen LogP contribution in [0.4, 0.5) is 0 Å². The third kappa shape index (κ3) is 7.64. The first kappa shape index (κ1) is 14.8. The van der Waals surface area contributed by atoms with Gasteiger partial charge in [0.1, 0.15) is 6.61 Å². The second-order valence-corrected chi connectivity index (χ2v) is 5.39. The number of esters is 1. The van der Waals surface area contributed by atoms with Gasteiger partial charge < -0.3 is 4.74 Å². The lowest BCUT2D eigenvalue weighted by atomic mass is 9.85. The highest BCUT2D eigenvalue weighted by Gasteiger charge is 2.12. The van der Waals surface area contributed by atoms with Gasteiger partial charge in [-0.3, -0.25) is 4.79 Å². The SMILES string of the molecule is O=C(CCCCCC1CCCCC1)OCCCl. The molecule has 0 atom stereocenters. The Balaban J connectivity index is 1.88. The Hall–Kier alpha value is -0.240. The van der Waals surface area contributed by atoms with Gasteiger partial charge in [-0.25, -0.2) is 0 Å². The van der Waals surface area contributed by atoms with E-state index in [1.807, 2.05) is 0 Å². The zero-order chi connectivity index (χ0) is 12.3. The number of unbranched alkanes of at least 4 members (excludes halogenated alkanes) is 2. The molecule has 1 saturated carbocycles. The van der Waals surface area contributed by atoms with E-state index in [4.69, 9.17) is 16.3 Å². The number of alkyl halides is 1. The van der Waals surface area contributed by atoms with Crippen LogP contribution in [0.25, 0.3) is 0 Å². The molecule has 100 valence electrons. The number of carbonyl (C=O) groups excluding carboxylic acids is 1. The van der Waals surface area contributed by atoms with Crippen molar-refractivity contribution in [2.45, 2.75) is 64.2 Å². The van der Waals surface area contributed by atoms with Crippen LogP contribution < -0.4 is 0 Å². The molecule has 0 aliphatic heterocycles. The third-order valence-electron chi connectivity index (χ3n) is 3.56. The van der Waals surface area contributed by atoms with Gasteiger partial charge in [0, 0.05) is 6.42 Å². The first-order valence-electron chi connectivity index (χ1n) is 7.04. The van der Waals surface area contributed by atoms with Crippen molar-refractivity contribution in [3.05, 3.63) is 0 Å². The van der Waals surface area contributed by atoms with Gasteiger partial charge in [0.05, 0.1) is 5.88 Å². The summed E-state index contributed by atoms with van der Waals surface area (Å²) >= 11 is 5.44. The fraction of sp³-hybridized carbons (Fsp3) is 0.929. The summed E-state index contributed by atoms with van der Waals surface area (Å²) in [7, 11) is 0. The molecule has 0 saturated heterocycles. The number of hydrogen-bond acceptors (Lipinski definition) is 2. The zero-order valence-electron chi connectivity index (χ0n) is 10.8. The van der Waals surface area contributed by atoms with Crippen LogP contribution in [-0.2, 0) is 9.53 Å². The van der Waals surface area contributed by atoms with Crippen LogP contribution in [-0.4, -0.2) is 18.5 Å². The Morgan fingerprint density at radius 1 is 1.12 bits per heavy atom. The summed E-state index contributed by atoms with van der Waals surface area (Å²) in [4.78, 5) is 11.2. The van der Waals surface area contributed by atoms with Gasteiger partial charge in [-0.2, -0.15) is 0 Å². The molecule has 17 heavy (non-hydrogen) atoms. The highest BCUT2D eigenvalue weighted by atomic mass is 35.5.